The van der Waals surface area contributed by atoms with Crippen molar-refractivity contribution in [2.45, 2.75) is 31.5 Å². The van der Waals surface area contributed by atoms with Crippen LogP contribution in [0.25, 0.3) is 0 Å². The van der Waals surface area contributed by atoms with Crippen LogP contribution in [0.5, 0.6) is 0 Å². The Morgan fingerprint density at radius 3 is 2.56 bits per heavy atom. The number of amides is 1. The zero-order valence-corrected chi connectivity index (χ0v) is 14.3. The lowest BCUT2D eigenvalue weighted by atomic mass is 9.71. The maximum atomic E-state index is 12.9. The van der Waals surface area contributed by atoms with Gasteiger partial charge in [0.15, 0.2) is 0 Å². The van der Waals surface area contributed by atoms with E-state index in [0.29, 0.717) is 44.7 Å². The highest BCUT2D eigenvalue weighted by atomic mass is 19.4. The number of piperidine rings is 2. The number of aromatic nitrogens is 1. The lowest BCUT2D eigenvalue weighted by Gasteiger charge is -2.47. The molecular formula is C17H22F3N3O2. The van der Waals surface area contributed by atoms with Gasteiger partial charge in [0.25, 0.3) is 0 Å². The number of halogens is 3. The van der Waals surface area contributed by atoms with E-state index in [0.717, 1.165) is 6.07 Å². The van der Waals surface area contributed by atoms with E-state index in [4.69, 9.17) is 4.74 Å². The molecule has 1 aromatic rings. The summed E-state index contributed by atoms with van der Waals surface area (Å²) in [5, 5.41) is 0. The second-order valence-electron chi connectivity index (χ2n) is 6.89. The van der Waals surface area contributed by atoms with E-state index >= 15 is 0 Å². The second kappa shape index (κ2) is 6.48. The lowest BCUT2D eigenvalue weighted by molar-refractivity contribution is -0.153. The van der Waals surface area contributed by atoms with Gasteiger partial charge in [-0.3, -0.25) is 4.79 Å². The van der Waals surface area contributed by atoms with Gasteiger partial charge in [0.1, 0.15) is 11.5 Å². The summed E-state index contributed by atoms with van der Waals surface area (Å²) >= 11 is 0. The van der Waals surface area contributed by atoms with Crippen LogP contribution in [0.2, 0.25) is 0 Å². The molecular weight excluding hydrogens is 335 g/mol. The predicted molar refractivity (Wildman–Crippen MR) is 86.2 cm³/mol. The Bertz CT molecular complexity index is 642. The number of likely N-dealkylation sites (N-methyl/N-ethyl adjacent to an activating group) is 1. The summed E-state index contributed by atoms with van der Waals surface area (Å²) in [4.78, 5) is 20.0. The molecule has 1 spiro atoms. The molecule has 0 saturated carbocycles. The van der Waals surface area contributed by atoms with E-state index in [1.54, 1.807) is 25.1 Å². The van der Waals surface area contributed by atoms with Crippen LogP contribution >= 0.6 is 0 Å². The SMILES string of the molecule is COC1CN(C)C(=O)C2(CCN(c3cccc(C(F)(F)F)n3)CC2)C1. The van der Waals surface area contributed by atoms with Crippen molar-refractivity contribution < 1.29 is 22.7 Å². The fourth-order valence-corrected chi connectivity index (χ4v) is 3.88. The number of ether oxygens (including phenoxy) is 1. The normalized spacial score (nSPS) is 24.0. The highest BCUT2D eigenvalue weighted by molar-refractivity contribution is 5.83. The average Bonchev–Trinajstić information content (AvgIpc) is 2.59. The van der Waals surface area contributed by atoms with Crippen LogP contribution < -0.4 is 4.90 Å². The Hall–Kier alpha value is -1.83. The van der Waals surface area contributed by atoms with Gasteiger partial charge in [0.05, 0.1) is 11.5 Å². The number of likely N-dealkylation sites (tertiary alicyclic amines) is 1. The molecule has 138 valence electrons. The third-order valence-corrected chi connectivity index (χ3v) is 5.30. The first kappa shape index (κ1) is 18.0. The molecule has 0 aliphatic carbocycles. The minimum Gasteiger partial charge on any atom is -0.380 e. The minimum absolute atomic E-state index is 0.000863. The topological polar surface area (TPSA) is 45.7 Å². The Labute approximate surface area is 144 Å². The van der Waals surface area contributed by atoms with Crippen LogP contribution in [0, 0.1) is 5.41 Å². The number of alkyl halides is 3. The van der Waals surface area contributed by atoms with Gasteiger partial charge in [-0.05, 0) is 31.4 Å². The standard InChI is InChI=1S/C17H22F3N3O2/c1-22-11-12(25-2)10-16(15(22)24)6-8-23(9-7-16)14-5-3-4-13(21-14)17(18,19)20/h3-5,12H,6-11H2,1-2H3. The van der Waals surface area contributed by atoms with Crippen LogP contribution in [0.4, 0.5) is 19.0 Å². The van der Waals surface area contributed by atoms with Crippen molar-refractivity contribution in [2.75, 3.05) is 38.7 Å². The number of anilines is 1. The van der Waals surface area contributed by atoms with E-state index in [1.165, 1.54) is 6.07 Å². The molecule has 2 fully saturated rings. The largest absolute Gasteiger partial charge is 0.433 e. The van der Waals surface area contributed by atoms with Crippen molar-refractivity contribution in [1.82, 2.24) is 9.88 Å². The smallest absolute Gasteiger partial charge is 0.380 e. The molecule has 2 saturated heterocycles. The van der Waals surface area contributed by atoms with Crippen molar-refractivity contribution in [3.05, 3.63) is 23.9 Å². The Balaban J connectivity index is 1.74. The molecule has 1 aromatic heterocycles. The molecule has 25 heavy (non-hydrogen) atoms. The van der Waals surface area contributed by atoms with Crippen LogP contribution in [0.1, 0.15) is 25.0 Å². The van der Waals surface area contributed by atoms with Crippen molar-refractivity contribution >= 4 is 11.7 Å². The van der Waals surface area contributed by atoms with E-state index in [2.05, 4.69) is 4.98 Å². The van der Waals surface area contributed by atoms with Crippen molar-refractivity contribution in [3.63, 3.8) is 0 Å². The first-order valence-corrected chi connectivity index (χ1v) is 8.33. The molecule has 2 aliphatic heterocycles. The van der Waals surface area contributed by atoms with Gasteiger partial charge >= 0.3 is 6.18 Å². The number of hydrogen-bond acceptors (Lipinski definition) is 4. The zero-order chi connectivity index (χ0) is 18.2. The van der Waals surface area contributed by atoms with Crippen LogP contribution in [0.15, 0.2) is 18.2 Å². The lowest BCUT2D eigenvalue weighted by Crippen LogP contribution is -2.56. The molecule has 0 bridgehead atoms. The molecule has 2 aliphatic rings. The molecule has 8 heteroatoms. The third-order valence-electron chi connectivity index (χ3n) is 5.30. The van der Waals surface area contributed by atoms with Gasteiger partial charge in [0.2, 0.25) is 5.91 Å². The quantitative estimate of drug-likeness (QED) is 0.816. The van der Waals surface area contributed by atoms with Gasteiger partial charge in [-0.2, -0.15) is 13.2 Å². The number of methoxy groups -OCH3 is 1. The number of nitrogens with zero attached hydrogens (tertiary/aromatic N) is 3. The van der Waals surface area contributed by atoms with Gasteiger partial charge in [-0.15, -0.1) is 0 Å². The molecule has 3 heterocycles. The van der Waals surface area contributed by atoms with E-state index < -0.39 is 17.3 Å². The molecule has 0 N–H and O–H groups in total. The minimum atomic E-state index is -4.46. The summed E-state index contributed by atoms with van der Waals surface area (Å²) in [5.41, 5.74) is -1.37. The zero-order valence-electron chi connectivity index (χ0n) is 14.3. The number of pyridine rings is 1. The van der Waals surface area contributed by atoms with Crippen molar-refractivity contribution in [1.29, 1.82) is 0 Å². The van der Waals surface area contributed by atoms with Gasteiger partial charge in [-0.1, -0.05) is 6.07 Å². The van der Waals surface area contributed by atoms with Crippen LogP contribution in [-0.4, -0.2) is 55.7 Å². The molecule has 0 aromatic carbocycles. The molecule has 1 atom stereocenters. The number of carbonyl (C=O) groups is 1. The summed E-state index contributed by atoms with van der Waals surface area (Å²) in [6.45, 7) is 1.59. The Morgan fingerprint density at radius 2 is 1.96 bits per heavy atom. The second-order valence-corrected chi connectivity index (χ2v) is 6.89. The van der Waals surface area contributed by atoms with Crippen LogP contribution in [-0.2, 0) is 15.7 Å². The summed E-state index contributed by atoms with van der Waals surface area (Å²) in [6, 6.07) is 3.92. The first-order chi connectivity index (χ1) is 11.7. The number of rotatable bonds is 2. The summed E-state index contributed by atoms with van der Waals surface area (Å²) in [7, 11) is 3.42. The Kier molecular flexibility index (Phi) is 4.66. The third kappa shape index (κ3) is 3.44. The summed E-state index contributed by atoms with van der Waals surface area (Å²) in [5.74, 6) is 0.419. The number of carbonyl (C=O) groups excluding carboxylic acids is 1. The monoisotopic (exact) mass is 357 g/mol. The maximum Gasteiger partial charge on any atom is 0.433 e. The summed E-state index contributed by atoms with van der Waals surface area (Å²) in [6.07, 6.45) is -2.61. The van der Waals surface area contributed by atoms with E-state index in [-0.39, 0.29) is 12.0 Å². The van der Waals surface area contributed by atoms with E-state index in [1.807, 2.05) is 4.90 Å². The highest BCUT2D eigenvalue weighted by Gasteiger charge is 2.48. The highest BCUT2D eigenvalue weighted by Crippen LogP contribution is 2.42. The van der Waals surface area contributed by atoms with Gasteiger partial charge in [0, 0.05) is 33.8 Å². The fraction of sp³-hybridized carbons (Fsp3) is 0.647. The Morgan fingerprint density at radius 1 is 1.28 bits per heavy atom. The summed E-state index contributed by atoms with van der Waals surface area (Å²) < 4.78 is 44.0. The molecule has 1 amide bonds. The van der Waals surface area contributed by atoms with Crippen molar-refractivity contribution in [3.8, 4) is 0 Å². The van der Waals surface area contributed by atoms with Gasteiger partial charge in [-0.25, -0.2) is 4.98 Å². The maximum absolute atomic E-state index is 12.9. The first-order valence-electron chi connectivity index (χ1n) is 8.33. The molecule has 1 unspecified atom stereocenters. The molecule has 0 radical (unpaired) electrons. The molecule has 5 nitrogen and oxygen atoms in total. The number of hydrogen-bond donors (Lipinski definition) is 0. The predicted octanol–water partition coefficient (Wildman–Crippen LogP) is 2.56. The average molecular weight is 357 g/mol. The van der Waals surface area contributed by atoms with Crippen LogP contribution in [0.3, 0.4) is 0 Å². The van der Waals surface area contributed by atoms with Gasteiger partial charge < -0.3 is 14.5 Å². The van der Waals surface area contributed by atoms with E-state index in [9.17, 15) is 18.0 Å². The van der Waals surface area contributed by atoms with Crippen molar-refractivity contribution in [2.24, 2.45) is 5.41 Å². The molecule has 3 rings (SSSR count). The fourth-order valence-electron chi connectivity index (χ4n) is 3.88.